The molecule has 0 aliphatic carbocycles. The van der Waals surface area contributed by atoms with Crippen LogP contribution >= 0.6 is 23.1 Å². The van der Waals surface area contributed by atoms with Gasteiger partial charge in [0.25, 0.3) is 0 Å². The van der Waals surface area contributed by atoms with Gasteiger partial charge in [-0.15, -0.1) is 10.2 Å². The molecule has 0 aliphatic rings. The molecule has 0 saturated carbocycles. The van der Waals surface area contributed by atoms with E-state index in [0.717, 1.165) is 15.2 Å². The summed E-state index contributed by atoms with van der Waals surface area (Å²) in [5.41, 5.74) is 1.59. The standard InChI is InChI=1S/C14H12N4OS2/c19-12(11-7-4-8-15-11)9-20-14-18-17-13(21-14)16-10-5-2-1-3-6-10/h1-8,15H,9H2,(H,16,17). The summed E-state index contributed by atoms with van der Waals surface area (Å²) in [6.07, 6.45) is 1.74. The van der Waals surface area contributed by atoms with E-state index in [4.69, 9.17) is 0 Å². The van der Waals surface area contributed by atoms with E-state index < -0.39 is 0 Å². The van der Waals surface area contributed by atoms with Gasteiger partial charge in [0.05, 0.1) is 11.4 Å². The minimum absolute atomic E-state index is 0.0535. The lowest BCUT2D eigenvalue weighted by Crippen LogP contribution is -2.02. The molecule has 0 aliphatic heterocycles. The van der Waals surface area contributed by atoms with Crippen LogP contribution in [-0.4, -0.2) is 26.7 Å². The fraction of sp³-hybridized carbons (Fsp3) is 0.0714. The number of aromatic nitrogens is 3. The first-order valence-electron chi connectivity index (χ1n) is 6.26. The lowest BCUT2D eigenvalue weighted by molar-refractivity contribution is 0.101. The zero-order chi connectivity index (χ0) is 14.5. The van der Waals surface area contributed by atoms with Crippen molar-refractivity contribution < 1.29 is 4.79 Å². The summed E-state index contributed by atoms with van der Waals surface area (Å²) in [6.45, 7) is 0. The number of anilines is 2. The fourth-order valence-corrected chi connectivity index (χ4v) is 3.33. The number of benzene rings is 1. The maximum atomic E-state index is 11.9. The number of carbonyl (C=O) groups is 1. The normalized spacial score (nSPS) is 10.5. The molecule has 0 bridgehead atoms. The Bertz CT molecular complexity index is 710. The fourth-order valence-electron chi connectivity index (χ4n) is 1.67. The van der Waals surface area contributed by atoms with Gasteiger partial charge in [-0.1, -0.05) is 41.3 Å². The average molecular weight is 316 g/mol. The first kappa shape index (κ1) is 13.8. The van der Waals surface area contributed by atoms with Gasteiger partial charge in [0.15, 0.2) is 10.1 Å². The Morgan fingerprint density at radius 1 is 1.19 bits per heavy atom. The zero-order valence-corrected chi connectivity index (χ0v) is 12.6. The molecule has 2 heterocycles. The van der Waals surface area contributed by atoms with Gasteiger partial charge in [0, 0.05) is 11.9 Å². The van der Waals surface area contributed by atoms with E-state index in [1.165, 1.54) is 23.1 Å². The van der Waals surface area contributed by atoms with Crippen molar-refractivity contribution in [3.8, 4) is 0 Å². The summed E-state index contributed by atoms with van der Waals surface area (Å²) >= 11 is 2.83. The third kappa shape index (κ3) is 3.71. The number of Topliss-reactive ketones (excluding diaryl/α,β-unsaturated/α-hetero) is 1. The molecule has 0 radical (unpaired) electrons. The third-order valence-corrected chi connectivity index (χ3v) is 4.63. The highest BCUT2D eigenvalue weighted by Gasteiger charge is 2.10. The van der Waals surface area contributed by atoms with Gasteiger partial charge in [-0.2, -0.15) is 0 Å². The minimum Gasteiger partial charge on any atom is -0.359 e. The van der Waals surface area contributed by atoms with Gasteiger partial charge >= 0.3 is 0 Å². The van der Waals surface area contributed by atoms with Crippen LogP contribution in [0.15, 0.2) is 53.0 Å². The first-order chi connectivity index (χ1) is 10.3. The van der Waals surface area contributed by atoms with Crippen molar-refractivity contribution in [1.82, 2.24) is 15.2 Å². The van der Waals surface area contributed by atoms with Crippen LogP contribution in [0.1, 0.15) is 10.5 Å². The van der Waals surface area contributed by atoms with Crippen LogP contribution in [0.4, 0.5) is 10.8 Å². The number of thioether (sulfide) groups is 1. The Morgan fingerprint density at radius 3 is 2.81 bits per heavy atom. The molecule has 2 aromatic heterocycles. The van der Waals surface area contributed by atoms with E-state index in [0.29, 0.717) is 11.4 Å². The SMILES string of the molecule is O=C(CSc1nnc(Nc2ccccc2)s1)c1ccc[nH]1. The smallest absolute Gasteiger partial charge is 0.210 e. The summed E-state index contributed by atoms with van der Waals surface area (Å²) < 4.78 is 0.772. The minimum atomic E-state index is 0.0535. The van der Waals surface area contributed by atoms with Crippen molar-refractivity contribution >= 4 is 39.7 Å². The number of H-pyrrole nitrogens is 1. The van der Waals surface area contributed by atoms with E-state index >= 15 is 0 Å². The number of para-hydroxylation sites is 1. The third-order valence-electron chi connectivity index (χ3n) is 2.66. The summed E-state index contributed by atoms with van der Waals surface area (Å²) in [6, 6.07) is 13.4. The number of hydrogen-bond acceptors (Lipinski definition) is 6. The molecular formula is C14H12N4OS2. The van der Waals surface area contributed by atoms with Crippen molar-refractivity contribution in [2.24, 2.45) is 0 Å². The highest BCUT2D eigenvalue weighted by Crippen LogP contribution is 2.27. The molecule has 0 saturated heterocycles. The van der Waals surface area contributed by atoms with Gasteiger partial charge in [0.1, 0.15) is 0 Å². The largest absolute Gasteiger partial charge is 0.359 e. The molecule has 106 valence electrons. The van der Waals surface area contributed by atoms with Crippen LogP contribution in [0.25, 0.3) is 0 Å². The van der Waals surface area contributed by atoms with Gasteiger partial charge in [-0.3, -0.25) is 4.79 Å². The molecule has 0 spiro atoms. The molecule has 1 aromatic carbocycles. The number of nitrogens with one attached hydrogen (secondary N) is 2. The van der Waals surface area contributed by atoms with Crippen molar-refractivity contribution in [3.63, 3.8) is 0 Å². The van der Waals surface area contributed by atoms with Crippen LogP contribution in [0.5, 0.6) is 0 Å². The molecule has 21 heavy (non-hydrogen) atoms. The number of hydrogen-bond donors (Lipinski definition) is 2. The number of carbonyl (C=O) groups excluding carboxylic acids is 1. The van der Waals surface area contributed by atoms with E-state index in [1.807, 2.05) is 36.4 Å². The molecule has 3 aromatic rings. The van der Waals surface area contributed by atoms with Crippen LogP contribution < -0.4 is 5.32 Å². The van der Waals surface area contributed by atoms with Crippen LogP contribution in [0.3, 0.4) is 0 Å². The Balaban J connectivity index is 1.57. The topological polar surface area (TPSA) is 70.7 Å². The summed E-state index contributed by atoms with van der Waals surface area (Å²) in [4.78, 5) is 14.8. The summed E-state index contributed by atoms with van der Waals surface area (Å²) in [5.74, 6) is 0.401. The highest BCUT2D eigenvalue weighted by molar-refractivity contribution is 8.01. The molecule has 0 atom stereocenters. The number of ketones is 1. The lowest BCUT2D eigenvalue weighted by atomic mass is 10.3. The molecule has 0 amide bonds. The number of rotatable bonds is 6. The Morgan fingerprint density at radius 2 is 2.05 bits per heavy atom. The van der Waals surface area contributed by atoms with Crippen LogP contribution in [0, 0.1) is 0 Å². The predicted molar refractivity (Wildman–Crippen MR) is 85.5 cm³/mol. The van der Waals surface area contributed by atoms with Gasteiger partial charge < -0.3 is 10.3 Å². The first-order valence-corrected chi connectivity index (χ1v) is 8.06. The van der Waals surface area contributed by atoms with E-state index in [1.54, 1.807) is 12.3 Å². The molecule has 7 heteroatoms. The molecule has 0 unspecified atom stereocenters. The van der Waals surface area contributed by atoms with Crippen LogP contribution in [-0.2, 0) is 0 Å². The van der Waals surface area contributed by atoms with Crippen molar-refractivity contribution in [3.05, 3.63) is 54.4 Å². The van der Waals surface area contributed by atoms with Crippen molar-refractivity contribution in [2.45, 2.75) is 4.34 Å². The van der Waals surface area contributed by atoms with Crippen LogP contribution in [0.2, 0.25) is 0 Å². The van der Waals surface area contributed by atoms with E-state index in [9.17, 15) is 4.79 Å². The second-order valence-electron chi connectivity index (χ2n) is 4.16. The van der Waals surface area contributed by atoms with Crippen molar-refractivity contribution in [1.29, 1.82) is 0 Å². The zero-order valence-electron chi connectivity index (χ0n) is 10.9. The lowest BCUT2D eigenvalue weighted by Gasteiger charge is -1.99. The number of nitrogens with zero attached hydrogens (tertiary/aromatic N) is 2. The van der Waals surface area contributed by atoms with E-state index in [-0.39, 0.29) is 5.78 Å². The Labute approximate surface area is 129 Å². The second-order valence-corrected chi connectivity index (χ2v) is 6.36. The molecule has 2 N–H and O–H groups in total. The quantitative estimate of drug-likeness (QED) is 0.537. The monoisotopic (exact) mass is 316 g/mol. The molecule has 3 rings (SSSR count). The van der Waals surface area contributed by atoms with Crippen molar-refractivity contribution in [2.75, 3.05) is 11.1 Å². The van der Waals surface area contributed by atoms with Gasteiger partial charge in [-0.05, 0) is 24.3 Å². The summed E-state index contributed by atoms with van der Waals surface area (Å²) in [5, 5.41) is 12.0. The van der Waals surface area contributed by atoms with E-state index in [2.05, 4.69) is 20.5 Å². The number of aromatic amines is 1. The predicted octanol–water partition coefficient (Wildman–Crippen LogP) is 3.58. The van der Waals surface area contributed by atoms with Gasteiger partial charge in [-0.25, -0.2) is 0 Å². The average Bonchev–Trinajstić information content (AvgIpc) is 3.17. The Kier molecular flexibility index (Phi) is 4.32. The molecule has 5 nitrogen and oxygen atoms in total. The summed E-state index contributed by atoms with van der Waals surface area (Å²) in [7, 11) is 0. The highest BCUT2D eigenvalue weighted by atomic mass is 32.2. The maximum Gasteiger partial charge on any atom is 0.210 e. The second kappa shape index (κ2) is 6.55. The Hall–Kier alpha value is -2.12. The van der Waals surface area contributed by atoms with Gasteiger partial charge in [0.2, 0.25) is 5.13 Å². The molecule has 0 fully saturated rings. The molecular weight excluding hydrogens is 304 g/mol. The maximum absolute atomic E-state index is 11.9.